The molecule has 0 radical (unpaired) electrons. The minimum Gasteiger partial charge on any atom is -0.463 e. The summed E-state index contributed by atoms with van der Waals surface area (Å²) in [7, 11) is 1.47. The molecule has 0 atom stereocenters. The fourth-order valence-corrected chi connectivity index (χ4v) is 1.43. The molecular weight excluding hydrogens is 218 g/mol. The molecule has 1 rings (SSSR count). The molecule has 1 aromatic carbocycles. The van der Waals surface area contributed by atoms with Crippen LogP contribution >= 0.6 is 0 Å². The zero-order chi connectivity index (χ0) is 12.5. The molecular formula is C13H19NO3. The Morgan fingerprint density at radius 3 is 2.82 bits per heavy atom. The second-order valence-corrected chi connectivity index (χ2v) is 3.76. The zero-order valence-electron chi connectivity index (χ0n) is 10.4. The van der Waals surface area contributed by atoms with E-state index < -0.39 is 0 Å². The van der Waals surface area contributed by atoms with Crippen LogP contribution in [-0.2, 0) is 20.8 Å². The van der Waals surface area contributed by atoms with Gasteiger partial charge in [0.05, 0.1) is 0 Å². The van der Waals surface area contributed by atoms with Crippen molar-refractivity contribution >= 4 is 5.97 Å². The molecule has 4 heteroatoms. The molecule has 0 aliphatic rings. The van der Waals surface area contributed by atoms with Gasteiger partial charge in [-0.05, 0) is 18.1 Å². The summed E-state index contributed by atoms with van der Waals surface area (Å²) in [4.78, 5) is 11.0. The van der Waals surface area contributed by atoms with Crippen LogP contribution in [0.4, 0.5) is 0 Å². The molecule has 0 aliphatic heterocycles. The third kappa shape index (κ3) is 5.47. The highest BCUT2D eigenvalue weighted by molar-refractivity contribution is 5.70. The minimum absolute atomic E-state index is 0.0117. The van der Waals surface area contributed by atoms with Crippen LogP contribution < -0.4 is 5.32 Å². The maximum absolute atomic E-state index is 11.0. The van der Waals surface area contributed by atoms with Gasteiger partial charge >= 0.3 is 5.97 Å². The summed E-state index contributed by atoms with van der Waals surface area (Å²) in [6.07, 6.45) is 0. The molecule has 0 aromatic heterocycles. The molecule has 94 valence electrons. The molecule has 0 spiro atoms. The molecule has 1 aromatic rings. The summed E-state index contributed by atoms with van der Waals surface area (Å²) in [5.74, 6) is -0.329. The number of hydrogen-bond acceptors (Lipinski definition) is 4. The van der Waals surface area contributed by atoms with Crippen molar-refractivity contribution < 1.29 is 14.3 Å². The maximum Gasteiger partial charge on any atom is 0.332 e. The Bertz CT molecular complexity index is 352. The van der Waals surface area contributed by atoms with Crippen molar-refractivity contribution in [1.82, 2.24) is 5.32 Å². The molecule has 0 saturated carbocycles. The summed E-state index contributed by atoms with van der Waals surface area (Å²) in [6, 6.07) is 8.20. The van der Waals surface area contributed by atoms with Crippen molar-refractivity contribution in [2.45, 2.75) is 13.5 Å². The number of ether oxygens (including phenoxy) is 2. The molecule has 0 fully saturated rings. The van der Waals surface area contributed by atoms with Gasteiger partial charge in [0, 0.05) is 20.2 Å². The minimum atomic E-state index is -0.329. The third-order valence-corrected chi connectivity index (χ3v) is 2.38. The van der Waals surface area contributed by atoms with E-state index in [1.165, 1.54) is 18.2 Å². The fourth-order valence-electron chi connectivity index (χ4n) is 1.43. The summed E-state index contributed by atoms with van der Waals surface area (Å²) in [5.41, 5.74) is 2.52. The monoisotopic (exact) mass is 237 g/mol. The van der Waals surface area contributed by atoms with Crippen LogP contribution in [-0.4, -0.2) is 32.8 Å². The van der Waals surface area contributed by atoms with Gasteiger partial charge in [0.1, 0.15) is 13.2 Å². The van der Waals surface area contributed by atoms with E-state index in [2.05, 4.69) is 29.1 Å². The molecule has 0 aliphatic carbocycles. The van der Waals surface area contributed by atoms with E-state index in [0.29, 0.717) is 13.2 Å². The Morgan fingerprint density at radius 1 is 1.35 bits per heavy atom. The molecule has 0 amide bonds. The predicted molar refractivity (Wildman–Crippen MR) is 65.7 cm³/mol. The first-order chi connectivity index (χ1) is 8.24. The van der Waals surface area contributed by atoms with Crippen LogP contribution in [0.25, 0.3) is 0 Å². The van der Waals surface area contributed by atoms with Crippen LogP contribution in [0.15, 0.2) is 24.3 Å². The van der Waals surface area contributed by atoms with Gasteiger partial charge in [0.2, 0.25) is 0 Å². The predicted octanol–water partition coefficient (Wildman–Crippen LogP) is 1.27. The highest BCUT2D eigenvalue weighted by Crippen LogP contribution is 2.05. The molecule has 0 heterocycles. The number of carbonyl (C=O) groups is 1. The number of benzene rings is 1. The second kappa shape index (κ2) is 7.81. The molecule has 17 heavy (non-hydrogen) atoms. The van der Waals surface area contributed by atoms with Crippen molar-refractivity contribution in [3.05, 3.63) is 35.4 Å². The molecule has 0 saturated heterocycles. The zero-order valence-corrected chi connectivity index (χ0v) is 10.4. The largest absolute Gasteiger partial charge is 0.463 e. The average molecular weight is 237 g/mol. The number of methoxy groups -OCH3 is 1. The Balaban J connectivity index is 2.13. The Labute approximate surface area is 102 Å². The van der Waals surface area contributed by atoms with Crippen LogP contribution in [0.3, 0.4) is 0 Å². The maximum atomic E-state index is 11.0. The van der Waals surface area contributed by atoms with E-state index in [1.54, 1.807) is 0 Å². The van der Waals surface area contributed by atoms with Gasteiger partial charge in [-0.1, -0.05) is 24.3 Å². The molecule has 1 N–H and O–H groups in total. The van der Waals surface area contributed by atoms with Crippen molar-refractivity contribution in [3.63, 3.8) is 0 Å². The first-order valence-corrected chi connectivity index (χ1v) is 5.64. The van der Waals surface area contributed by atoms with Gasteiger partial charge in [-0.25, -0.2) is 4.79 Å². The topological polar surface area (TPSA) is 47.6 Å². The number of hydrogen-bond donors (Lipinski definition) is 1. The normalized spacial score (nSPS) is 10.2. The van der Waals surface area contributed by atoms with E-state index >= 15 is 0 Å². The van der Waals surface area contributed by atoms with E-state index in [0.717, 1.165) is 6.54 Å². The lowest BCUT2D eigenvalue weighted by Crippen LogP contribution is -2.22. The lowest BCUT2D eigenvalue weighted by Gasteiger charge is -2.08. The molecule has 4 nitrogen and oxygen atoms in total. The third-order valence-electron chi connectivity index (χ3n) is 2.38. The standard InChI is InChI=1S/C13H19NO3/c1-11-5-3-4-6-12(11)9-14-7-8-17-13(15)10-16-2/h3-6,14H,7-10H2,1-2H3. The van der Waals surface area contributed by atoms with Gasteiger partial charge in [0.15, 0.2) is 0 Å². The number of esters is 1. The fraction of sp³-hybridized carbons (Fsp3) is 0.462. The summed E-state index contributed by atoms with van der Waals surface area (Å²) < 4.78 is 9.57. The Morgan fingerprint density at radius 2 is 2.12 bits per heavy atom. The van der Waals surface area contributed by atoms with Gasteiger partial charge in [-0.3, -0.25) is 0 Å². The van der Waals surface area contributed by atoms with Gasteiger partial charge < -0.3 is 14.8 Å². The Hall–Kier alpha value is -1.39. The van der Waals surface area contributed by atoms with Crippen LogP contribution in [0, 0.1) is 6.92 Å². The van der Waals surface area contributed by atoms with Crippen molar-refractivity contribution in [3.8, 4) is 0 Å². The molecule has 0 unspecified atom stereocenters. The summed E-state index contributed by atoms with van der Waals surface area (Å²) in [6.45, 7) is 3.89. The number of aryl methyl sites for hydroxylation is 1. The number of rotatable bonds is 7. The average Bonchev–Trinajstić information content (AvgIpc) is 2.31. The van der Waals surface area contributed by atoms with Crippen LogP contribution in [0.5, 0.6) is 0 Å². The van der Waals surface area contributed by atoms with Crippen molar-refractivity contribution in [2.75, 3.05) is 26.9 Å². The SMILES string of the molecule is COCC(=O)OCCNCc1ccccc1C. The molecule has 0 bridgehead atoms. The van der Waals surface area contributed by atoms with Crippen LogP contribution in [0.2, 0.25) is 0 Å². The first kappa shape index (κ1) is 13.7. The van der Waals surface area contributed by atoms with Crippen molar-refractivity contribution in [1.29, 1.82) is 0 Å². The van der Waals surface area contributed by atoms with E-state index in [1.807, 2.05) is 12.1 Å². The summed E-state index contributed by atoms with van der Waals surface area (Å²) in [5, 5.41) is 3.22. The number of nitrogens with one attached hydrogen (secondary N) is 1. The second-order valence-electron chi connectivity index (χ2n) is 3.76. The first-order valence-electron chi connectivity index (χ1n) is 5.64. The highest BCUT2D eigenvalue weighted by Gasteiger charge is 2.00. The van der Waals surface area contributed by atoms with E-state index in [-0.39, 0.29) is 12.6 Å². The van der Waals surface area contributed by atoms with E-state index in [9.17, 15) is 4.79 Å². The van der Waals surface area contributed by atoms with Gasteiger partial charge in [-0.2, -0.15) is 0 Å². The number of carbonyl (C=O) groups excluding carboxylic acids is 1. The highest BCUT2D eigenvalue weighted by atomic mass is 16.6. The Kier molecular flexibility index (Phi) is 6.29. The van der Waals surface area contributed by atoms with Gasteiger partial charge in [-0.15, -0.1) is 0 Å². The van der Waals surface area contributed by atoms with E-state index in [4.69, 9.17) is 4.74 Å². The lowest BCUT2D eigenvalue weighted by molar-refractivity contribution is -0.147. The lowest BCUT2D eigenvalue weighted by atomic mass is 10.1. The smallest absolute Gasteiger partial charge is 0.332 e. The van der Waals surface area contributed by atoms with Crippen molar-refractivity contribution in [2.24, 2.45) is 0 Å². The van der Waals surface area contributed by atoms with Crippen LogP contribution in [0.1, 0.15) is 11.1 Å². The summed E-state index contributed by atoms with van der Waals surface area (Å²) >= 11 is 0. The quantitative estimate of drug-likeness (QED) is 0.573. The van der Waals surface area contributed by atoms with Gasteiger partial charge in [0.25, 0.3) is 0 Å².